The van der Waals surface area contributed by atoms with Gasteiger partial charge in [-0.05, 0) is 96.0 Å². The van der Waals surface area contributed by atoms with Crippen LogP contribution in [0, 0.1) is 5.82 Å². The third-order valence-electron chi connectivity index (χ3n) is 7.22. The molecule has 0 spiro atoms. The molecule has 4 heterocycles. The molecule has 0 aliphatic carbocycles. The summed E-state index contributed by atoms with van der Waals surface area (Å²) in [5.41, 5.74) is 0.329. The van der Waals surface area contributed by atoms with Gasteiger partial charge in [-0.2, -0.15) is 10.2 Å². The number of benzene rings is 1. The van der Waals surface area contributed by atoms with Crippen LogP contribution >= 0.6 is 20.2 Å². The van der Waals surface area contributed by atoms with Crippen LogP contribution in [0.1, 0.15) is 72.1 Å². The van der Waals surface area contributed by atoms with E-state index in [0.717, 1.165) is 0 Å². The summed E-state index contributed by atoms with van der Waals surface area (Å²) in [6.07, 6.45) is 3.32. The molecule has 3 aromatic heterocycles. The Morgan fingerprint density at radius 3 is 2.33 bits per heavy atom. The molecule has 0 saturated heterocycles. The van der Waals surface area contributed by atoms with Crippen molar-refractivity contribution in [1.29, 1.82) is 0 Å². The Morgan fingerprint density at radius 2 is 1.71 bits per heavy atom. The van der Waals surface area contributed by atoms with Gasteiger partial charge in [-0.3, -0.25) is 13.9 Å². The summed E-state index contributed by atoms with van der Waals surface area (Å²) in [6.45, 7) is 15.4. The van der Waals surface area contributed by atoms with Crippen LogP contribution in [0.15, 0.2) is 36.7 Å². The predicted molar refractivity (Wildman–Crippen MR) is 189 cm³/mol. The molecule has 4 aromatic rings. The standard InChI is InChI=1S/C32H38B3ClFN6O4P/c1-10-43-26-18-13-23(28(38-15-18)39-17-44-48(46-29(2,3)4)47-30(5,6)7)45-31(8,33)21-14-19(37)11-12-20(21)25-22(16-42(9)40-25)32(34,35)24(26)27(36)41-43/h11-16H,10,17H2,1-9H3,(H,38,39)/t31-/m1/s1. The first kappa shape index (κ1) is 36.4. The second-order valence-electron chi connectivity index (χ2n) is 13.8. The number of fused-ring (bicyclic) bond motifs is 7. The highest BCUT2D eigenvalue weighted by Gasteiger charge is 2.38. The molecule has 1 N–H and O–H groups in total. The number of pyridine rings is 1. The molecule has 248 valence electrons. The van der Waals surface area contributed by atoms with E-state index in [2.05, 4.69) is 15.5 Å². The molecule has 0 amide bonds. The summed E-state index contributed by atoms with van der Waals surface area (Å²) in [7, 11) is 20.9. The maximum absolute atomic E-state index is 14.9. The van der Waals surface area contributed by atoms with E-state index in [1.165, 1.54) is 12.1 Å². The molecule has 5 rings (SSSR count). The summed E-state index contributed by atoms with van der Waals surface area (Å²) in [4.78, 5) is 4.69. The van der Waals surface area contributed by atoms with E-state index >= 15 is 0 Å². The molecule has 1 aromatic carbocycles. The van der Waals surface area contributed by atoms with Crippen LogP contribution in [0.3, 0.4) is 0 Å². The van der Waals surface area contributed by atoms with Crippen LogP contribution in [0.5, 0.6) is 5.75 Å². The summed E-state index contributed by atoms with van der Waals surface area (Å²) < 4.78 is 42.8. The Balaban J connectivity index is 1.68. The third-order valence-corrected chi connectivity index (χ3v) is 9.22. The highest BCUT2D eigenvalue weighted by Crippen LogP contribution is 2.48. The highest BCUT2D eigenvalue weighted by atomic mass is 35.5. The van der Waals surface area contributed by atoms with Crippen molar-refractivity contribution < 1.29 is 22.7 Å². The largest absolute Gasteiger partial charge is 0.489 e. The monoisotopic (exact) mass is 688 g/mol. The lowest BCUT2D eigenvalue weighted by atomic mass is 9.47. The number of aryl methyl sites for hydroxylation is 2. The van der Waals surface area contributed by atoms with E-state index in [1.807, 2.05) is 48.5 Å². The van der Waals surface area contributed by atoms with Gasteiger partial charge in [0.05, 0.1) is 43.8 Å². The molecule has 1 aliphatic rings. The number of rotatable bonds is 7. The first-order chi connectivity index (χ1) is 22.2. The van der Waals surface area contributed by atoms with Gasteiger partial charge in [-0.1, -0.05) is 11.6 Å². The predicted octanol–water partition coefficient (Wildman–Crippen LogP) is 6.67. The Labute approximate surface area is 291 Å². The van der Waals surface area contributed by atoms with Gasteiger partial charge in [0.2, 0.25) is 0 Å². The van der Waals surface area contributed by atoms with Gasteiger partial charge in [-0.15, -0.1) is 0 Å². The molecular formula is C32H38B3ClFN6O4P. The van der Waals surface area contributed by atoms with Crippen molar-refractivity contribution in [3.63, 3.8) is 0 Å². The first-order valence-corrected chi connectivity index (χ1v) is 16.9. The van der Waals surface area contributed by atoms with Crippen molar-refractivity contribution in [2.75, 3.05) is 12.0 Å². The van der Waals surface area contributed by atoms with Crippen LogP contribution < -0.4 is 10.1 Å². The zero-order valence-electron chi connectivity index (χ0n) is 28.7. The molecule has 0 unspecified atom stereocenters. The van der Waals surface area contributed by atoms with Crippen LogP contribution in [0.25, 0.3) is 22.5 Å². The lowest BCUT2D eigenvalue weighted by Crippen LogP contribution is -2.33. The number of anilines is 1. The van der Waals surface area contributed by atoms with E-state index in [1.54, 1.807) is 47.9 Å². The lowest BCUT2D eigenvalue weighted by Gasteiger charge is -2.33. The molecule has 16 heteroatoms. The van der Waals surface area contributed by atoms with Gasteiger partial charge in [0.1, 0.15) is 20.4 Å². The van der Waals surface area contributed by atoms with Crippen LogP contribution in [-0.2, 0) is 37.9 Å². The number of halogens is 2. The van der Waals surface area contributed by atoms with Gasteiger partial charge in [0, 0.05) is 42.7 Å². The van der Waals surface area contributed by atoms with Gasteiger partial charge in [0.15, 0.2) is 16.7 Å². The van der Waals surface area contributed by atoms with Crippen molar-refractivity contribution in [1.82, 2.24) is 24.5 Å². The zero-order valence-corrected chi connectivity index (χ0v) is 30.3. The van der Waals surface area contributed by atoms with E-state index in [9.17, 15) is 4.39 Å². The third kappa shape index (κ3) is 7.63. The number of nitrogens with one attached hydrogen (secondary N) is 1. The summed E-state index contributed by atoms with van der Waals surface area (Å²) in [5.74, 6) is -0.0153. The fraction of sp³-hybridized carbons (Fsp3) is 0.469. The fourth-order valence-electron chi connectivity index (χ4n) is 5.32. The van der Waals surface area contributed by atoms with Crippen molar-refractivity contribution in [2.45, 2.75) is 83.9 Å². The maximum atomic E-state index is 14.9. The second-order valence-corrected chi connectivity index (χ2v) is 15.2. The molecule has 2 bridgehead atoms. The normalized spacial score (nSPS) is 17.5. The molecule has 1 atom stereocenters. The summed E-state index contributed by atoms with van der Waals surface area (Å²) in [6, 6.07) is 5.91. The average molecular weight is 689 g/mol. The van der Waals surface area contributed by atoms with Gasteiger partial charge >= 0.3 is 8.60 Å². The van der Waals surface area contributed by atoms with E-state index < -0.39 is 36.3 Å². The summed E-state index contributed by atoms with van der Waals surface area (Å²) in [5, 5.41) is 10.8. The van der Waals surface area contributed by atoms with Crippen LogP contribution in [0.4, 0.5) is 10.2 Å². The van der Waals surface area contributed by atoms with Crippen molar-refractivity contribution >= 4 is 49.6 Å². The maximum Gasteiger partial charge on any atom is 0.335 e. The molecule has 10 nitrogen and oxygen atoms in total. The smallest absolute Gasteiger partial charge is 0.335 e. The van der Waals surface area contributed by atoms with E-state index in [0.29, 0.717) is 45.7 Å². The summed E-state index contributed by atoms with van der Waals surface area (Å²) >= 11 is 6.80. The van der Waals surface area contributed by atoms with Gasteiger partial charge < -0.3 is 19.1 Å². The van der Waals surface area contributed by atoms with Crippen molar-refractivity contribution in [3.05, 3.63) is 64.3 Å². The van der Waals surface area contributed by atoms with Crippen LogP contribution in [0.2, 0.25) is 5.15 Å². The zero-order chi connectivity index (χ0) is 35.4. The minimum absolute atomic E-state index is 0.0525. The Bertz CT molecular complexity index is 1810. The minimum Gasteiger partial charge on any atom is -0.489 e. The van der Waals surface area contributed by atoms with Gasteiger partial charge in [0.25, 0.3) is 0 Å². The molecule has 0 saturated carbocycles. The number of ether oxygens (including phenoxy) is 1. The fourth-order valence-corrected chi connectivity index (χ4v) is 6.86. The van der Waals surface area contributed by atoms with E-state index in [4.69, 9.17) is 58.4 Å². The molecule has 1 aliphatic heterocycles. The van der Waals surface area contributed by atoms with E-state index in [-0.39, 0.29) is 23.5 Å². The Morgan fingerprint density at radius 1 is 1.04 bits per heavy atom. The molecule has 0 fully saturated rings. The number of nitrogens with zero attached hydrogens (tertiary/aromatic N) is 5. The first-order valence-electron chi connectivity index (χ1n) is 15.4. The topological polar surface area (TPSA) is 97.5 Å². The SMILES string of the molecule is [B]C1([B])c2cn(C)nc2-c2ccc(F)cc2[C@@]([B])(C)Oc2cc(cnc2NCOP(OC(C)(C)C)OC(C)(C)C)-c2c1c(Cl)nn2CC. The number of aromatic nitrogens is 5. The molecule has 6 radical (unpaired) electrons. The highest BCUT2D eigenvalue weighted by molar-refractivity contribution is 7.41. The Hall–Kier alpha value is -2.89. The van der Waals surface area contributed by atoms with Crippen molar-refractivity contribution in [2.24, 2.45) is 7.05 Å². The van der Waals surface area contributed by atoms with Crippen molar-refractivity contribution in [3.8, 4) is 28.3 Å². The lowest BCUT2D eigenvalue weighted by molar-refractivity contribution is 0.0350. The van der Waals surface area contributed by atoms with Crippen LogP contribution in [-0.4, -0.2) is 66.0 Å². The second kappa shape index (κ2) is 13.1. The number of hydrogen-bond acceptors (Lipinski definition) is 8. The number of hydrogen-bond donors (Lipinski definition) is 1. The molecule has 48 heavy (non-hydrogen) atoms. The minimum atomic E-state index is -1.75. The quantitative estimate of drug-likeness (QED) is 0.131. The van der Waals surface area contributed by atoms with Gasteiger partial charge in [-0.25, -0.2) is 9.37 Å². The Kier molecular flexibility index (Phi) is 9.93. The average Bonchev–Trinajstić information content (AvgIpc) is 3.51. The molecular weight excluding hydrogens is 650 g/mol.